The van der Waals surface area contributed by atoms with Crippen LogP contribution in [0.3, 0.4) is 0 Å². The van der Waals surface area contributed by atoms with Crippen molar-refractivity contribution in [1.82, 2.24) is 0 Å². The van der Waals surface area contributed by atoms with Crippen LogP contribution in [0.1, 0.15) is 68.1 Å². The largest absolute Gasteiger partial charge is 0.497 e. The van der Waals surface area contributed by atoms with Gasteiger partial charge in [0.05, 0.1) is 18.2 Å². The molecule has 0 spiro atoms. The van der Waals surface area contributed by atoms with Crippen LogP contribution in [0.2, 0.25) is 0 Å². The molecule has 2 aromatic carbocycles. The molecule has 3 heteroatoms. The zero-order valence-electron chi connectivity index (χ0n) is 16.2. The molecule has 2 aromatic rings. The summed E-state index contributed by atoms with van der Waals surface area (Å²) in [6, 6.07) is 16.3. The third-order valence-electron chi connectivity index (χ3n) is 5.85. The molecule has 0 aromatic heterocycles. The number of hydrogen-bond acceptors (Lipinski definition) is 3. The van der Waals surface area contributed by atoms with Gasteiger partial charge in [-0.05, 0) is 60.8 Å². The Kier molecular flexibility index (Phi) is 6.15. The number of nitrogens with zero attached hydrogens (tertiary/aromatic N) is 2. The van der Waals surface area contributed by atoms with E-state index in [1.54, 1.807) is 7.11 Å². The molecule has 3 nitrogen and oxygen atoms in total. The summed E-state index contributed by atoms with van der Waals surface area (Å²) >= 11 is 0. The Hall–Kier alpha value is -2.78. The molecule has 1 aliphatic carbocycles. The topological polar surface area (TPSA) is 56.8 Å². The normalized spacial score (nSPS) is 19.1. The predicted molar refractivity (Wildman–Crippen MR) is 107 cm³/mol. The van der Waals surface area contributed by atoms with Crippen LogP contribution >= 0.6 is 0 Å². The fraction of sp³-hybridized carbons (Fsp3) is 0.417. The zero-order chi connectivity index (χ0) is 19.2. The van der Waals surface area contributed by atoms with Crippen LogP contribution in [-0.4, -0.2) is 7.11 Å². The fourth-order valence-corrected chi connectivity index (χ4v) is 4.38. The molecule has 1 aliphatic rings. The van der Waals surface area contributed by atoms with E-state index in [1.807, 2.05) is 30.3 Å². The van der Waals surface area contributed by atoms with Crippen LogP contribution in [0.5, 0.6) is 5.75 Å². The number of ether oxygens (including phenoxy) is 1. The standard InChI is InChI=1S/C24H26N2O/c1-3-4-17-5-7-18(8-6-17)21-13-14-22(24(16-26)23(21)15-25)19-9-11-20(27-2)12-10-19/h9-14,17-18H,3-8H2,1-2H3. The van der Waals surface area contributed by atoms with Crippen LogP contribution in [0.25, 0.3) is 11.1 Å². The first kappa shape index (κ1) is 19.0. The minimum Gasteiger partial charge on any atom is -0.497 e. The predicted octanol–water partition coefficient (Wildman–Crippen LogP) is 6.18. The first-order valence-electron chi connectivity index (χ1n) is 9.83. The van der Waals surface area contributed by atoms with Crippen molar-refractivity contribution in [2.24, 2.45) is 5.92 Å². The number of methoxy groups -OCH3 is 1. The molecule has 138 valence electrons. The average Bonchev–Trinajstić information content (AvgIpc) is 2.73. The summed E-state index contributed by atoms with van der Waals surface area (Å²) in [5.41, 5.74) is 3.86. The SMILES string of the molecule is CCCC1CCC(c2ccc(-c3ccc(OC)cc3)c(C#N)c2C#N)CC1. The summed E-state index contributed by atoms with van der Waals surface area (Å²) in [6.45, 7) is 2.25. The van der Waals surface area contributed by atoms with Crippen molar-refractivity contribution < 1.29 is 4.74 Å². The molecule has 0 atom stereocenters. The van der Waals surface area contributed by atoms with E-state index in [9.17, 15) is 10.5 Å². The molecule has 0 N–H and O–H groups in total. The number of benzene rings is 2. The lowest BCUT2D eigenvalue weighted by Crippen LogP contribution is -2.14. The van der Waals surface area contributed by atoms with Gasteiger partial charge in [-0.3, -0.25) is 0 Å². The molecule has 0 heterocycles. The van der Waals surface area contributed by atoms with Crippen molar-refractivity contribution in [3.05, 3.63) is 53.1 Å². The molecule has 0 bridgehead atoms. The van der Waals surface area contributed by atoms with E-state index in [2.05, 4.69) is 25.1 Å². The van der Waals surface area contributed by atoms with Crippen molar-refractivity contribution in [1.29, 1.82) is 10.5 Å². The summed E-state index contributed by atoms with van der Waals surface area (Å²) in [6.07, 6.45) is 7.24. The number of nitriles is 2. The highest BCUT2D eigenvalue weighted by molar-refractivity contribution is 5.75. The Morgan fingerprint density at radius 3 is 2.15 bits per heavy atom. The van der Waals surface area contributed by atoms with Gasteiger partial charge in [0.25, 0.3) is 0 Å². The maximum Gasteiger partial charge on any atom is 0.118 e. The molecule has 0 aliphatic heterocycles. The van der Waals surface area contributed by atoms with Crippen LogP contribution < -0.4 is 4.74 Å². The monoisotopic (exact) mass is 358 g/mol. The lowest BCUT2D eigenvalue weighted by molar-refractivity contribution is 0.308. The summed E-state index contributed by atoms with van der Waals surface area (Å²) in [7, 11) is 1.63. The summed E-state index contributed by atoms with van der Waals surface area (Å²) < 4.78 is 5.21. The highest BCUT2D eigenvalue weighted by atomic mass is 16.5. The van der Waals surface area contributed by atoms with Gasteiger partial charge in [0.1, 0.15) is 17.9 Å². The lowest BCUT2D eigenvalue weighted by Gasteiger charge is -2.29. The van der Waals surface area contributed by atoms with Crippen LogP contribution in [-0.2, 0) is 0 Å². The first-order valence-corrected chi connectivity index (χ1v) is 9.83. The molecular weight excluding hydrogens is 332 g/mol. The van der Waals surface area contributed by atoms with E-state index in [1.165, 1.54) is 25.7 Å². The maximum atomic E-state index is 9.83. The quantitative estimate of drug-likeness (QED) is 0.641. The van der Waals surface area contributed by atoms with E-state index in [0.717, 1.165) is 41.2 Å². The van der Waals surface area contributed by atoms with E-state index < -0.39 is 0 Å². The minimum absolute atomic E-state index is 0.393. The van der Waals surface area contributed by atoms with E-state index in [0.29, 0.717) is 17.0 Å². The average molecular weight is 358 g/mol. The molecule has 27 heavy (non-hydrogen) atoms. The summed E-state index contributed by atoms with van der Waals surface area (Å²) in [4.78, 5) is 0. The Morgan fingerprint density at radius 1 is 0.926 bits per heavy atom. The third-order valence-corrected chi connectivity index (χ3v) is 5.85. The molecular formula is C24H26N2O. The fourth-order valence-electron chi connectivity index (χ4n) is 4.38. The first-order chi connectivity index (χ1) is 13.2. The van der Waals surface area contributed by atoms with Gasteiger partial charge in [-0.1, -0.05) is 44.0 Å². The highest BCUT2D eigenvalue weighted by Crippen LogP contribution is 2.40. The maximum absolute atomic E-state index is 9.83. The van der Waals surface area contributed by atoms with Gasteiger partial charge in [-0.15, -0.1) is 0 Å². The van der Waals surface area contributed by atoms with Gasteiger partial charge >= 0.3 is 0 Å². The Bertz CT molecular complexity index is 863. The highest BCUT2D eigenvalue weighted by Gasteiger charge is 2.25. The van der Waals surface area contributed by atoms with Gasteiger partial charge in [0.2, 0.25) is 0 Å². The Labute approximate surface area is 162 Å². The zero-order valence-corrected chi connectivity index (χ0v) is 16.2. The molecule has 1 fully saturated rings. The minimum atomic E-state index is 0.393. The molecule has 0 unspecified atom stereocenters. The second-order valence-corrected chi connectivity index (χ2v) is 7.41. The molecule has 0 saturated heterocycles. The number of hydrogen-bond donors (Lipinski definition) is 0. The van der Waals surface area contributed by atoms with Gasteiger partial charge in [-0.2, -0.15) is 10.5 Å². The third kappa shape index (κ3) is 3.99. The summed E-state index contributed by atoms with van der Waals surface area (Å²) in [5.74, 6) is 1.99. The van der Waals surface area contributed by atoms with Gasteiger partial charge in [0.15, 0.2) is 0 Å². The van der Waals surface area contributed by atoms with Crippen LogP contribution in [0.15, 0.2) is 36.4 Å². The van der Waals surface area contributed by atoms with Crippen molar-refractivity contribution in [3.63, 3.8) is 0 Å². The lowest BCUT2D eigenvalue weighted by atomic mass is 9.75. The molecule has 3 rings (SSSR count). The second kappa shape index (κ2) is 8.74. The number of rotatable bonds is 5. The van der Waals surface area contributed by atoms with E-state index in [-0.39, 0.29) is 0 Å². The summed E-state index contributed by atoms with van der Waals surface area (Å²) in [5, 5.41) is 19.6. The van der Waals surface area contributed by atoms with Gasteiger partial charge < -0.3 is 4.74 Å². The van der Waals surface area contributed by atoms with Crippen molar-refractivity contribution in [2.45, 2.75) is 51.4 Å². The van der Waals surface area contributed by atoms with Gasteiger partial charge in [0, 0.05) is 5.56 Å². The van der Waals surface area contributed by atoms with Crippen molar-refractivity contribution >= 4 is 0 Å². The van der Waals surface area contributed by atoms with Crippen molar-refractivity contribution in [2.75, 3.05) is 7.11 Å². The van der Waals surface area contributed by atoms with Crippen LogP contribution in [0.4, 0.5) is 0 Å². The van der Waals surface area contributed by atoms with Crippen molar-refractivity contribution in [3.8, 4) is 29.0 Å². The van der Waals surface area contributed by atoms with Gasteiger partial charge in [-0.25, -0.2) is 0 Å². The Morgan fingerprint density at radius 2 is 1.59 bits per heavy atom. The van der Waals surface area contributed by atoms with Crippen LogP contribution in [0, 0.1) is 28.6 Å². The molecule has 0 amide bonds. The second-order valence-electron chi connectivity index (χ2n) is 7.41. The smallest absolute Gasteiger partial charge is 0.118 e. The van der Waals surface area contributed by atoms with E-state index in [4.69, 9.17) is 4.74 Å². The Balaban J connectivity index is 1.94. The van der Waals surface area contributed by atoms with E-state index >= 15 is 0 Å². The molecule has 1 saturated carbocycles. The molecule has 0 radical (unpaired) electrons.